The molecule has 1 aromatic carbocycles. The van der Waals surface area contributed by atoms with Gasteiger partial charge >= 0.3 is 0 Å². The molecule has 1 heterocycles. The summed E-state index contributed by atoms with van der Waals surface area (Å²) in [6.45, 7) is 4.29. The molecular formula is C16H20N2O4. The van der Waals surface area contributed by atoms with E-state index in [1.807, 2.05) is 25.1 Å². The Labute approximate surface area is 129 Å². The number of rotatable bonds is 7. The van der Waals surface area contributed by atoms with Gasteiger partial charge in [0.1, 0.15) is 0 Å². The van der Waals surface area contributed by atoms with E-state index in [2.05, 4.69) is 10.5 Å². The molecular weight excluding hydrogens is 284 g/mol. The Morgan fingerprint density at radius 2 is 2.14 bits per heavy atom. The first-order valence-corrected chi connectivity index (χ1v) is 7.15. The van der Waals surface area contributed by atoms with Crippen LogP contribution in [0.25, 0.3) is 0 Å². The van der Waals surface area contributed by atoms with Crippen LogP contribution in [0.15, 0.2) is 28.8 Å². The van der Waals surface area contributed by atoms with Crippen LogP contribution in [0.4, 0.5) is 5.88 Å². The zero-order valence-electron chi connectivity index (χ0n) is 13.0. The van der Waals surface area contributed by atoms with Gasteiger partial charge in [-0.25, -0.2) is 0 Å². The van der Waals surface area contributed by atoms with E-state index in [-0.39, 0.29) is 5.91 Å². The second kappa shape index (κ2) is 7.49. The van der Waals surface area contributed by atoms with Gasteiger partial charge in [-0.15, -0.1) is 0 Å². The first-order chi connectivity index (χ1) is 10.6. The van der Waals surface area contributed by atoms with E-state index in [0.717, 1.165) is 11.3 Å². The number of methoxy groups -OCH3 is 1. The van der Waals surface area contributed by atoms with Crippen molar-refractivity contribution in [3.05, 3.63) is 35.5 Å². The van der Waals surface area contributed by atoms with Gasteiger partial charge in [0.05, 0.1) is 19.4 Å². The SMILES string of the molecule is CCOc1ccc(CCC(=O)Nc2cc(C)no2)cc1OC. The lowest BCUT2D eigenvalue weighted by Crippen LogP contribution is -2.11. The average molecular weight is 304 g/mol. The van der Waals surface area contributed by atoms with Crippen molar-refractivity contribution in [3.8, 4) is 11.5 Å². The standard InChI is InChI=1S/C16H20N2O4/c1-4-21-13-7-5-12(10-14(13)20-3)6-8-15(19)17-16-9-11(2)18-22-16/h5,7,9-10H,4,6,8H2,1-3H3,(H,17,19). The first-order valence-electron chi connectivity index (χ1n) is 7.15. The van der Waals surface area contributed by atoms with Crippen molar-refractivity contribution in [2.24, 2.45) is 0 Å². The highest BCUT2D eigenvalue weighted by Crippen LogP contribution is 2.28. The summed E-state index contributed by atoms with van der Waals surface area (Å²) in [5.74, 6) is 1.62. The third-order valence-corrected chi connectivity index (χ3v) is 3.06. The number of aryl methyl sites for hydroxylation is 2. The fourth-order valence-electron chi connectivity index (χ4n) is 2.02. The van der Waals surface area contributed by atoms with Gasteiger partial charge in [-0.3, -0.25) is 10.1 Å². The number of anilines is 1. The van der Waals surface area contributed by atoms with Gasteiger partial charge in [0.15, 0.2) is 11.5 Å². The molecule has 0 aliphatic heterocycles. The summed E-state index contributed by atoms with van der Waals surface area (Å²) in [4.78, 5) is 11.9. The molecule has 0 fully saturated rings. The third-order valence-electron chi connectivity index (χ3n) is 3.06. The van der Waals surface area contributed by atoms with Crippen LogP contribution in [0.2, 0.25) is 0 Å². The first kappa shape index (κ1) is 15.9. The van der Waals surface area contributed by atoms with Crippen LogP contribution < -0.4 is 14.8 Å². The minimum Gasteiger partial charge on any atom is -0.493 e. The fourth-order valence-corrected chi connectivity index (χ4v) is 2.02. The van der Waals surface area contributed by atoms with Crippen molar-refractivity contribution in [2.45, 2.75) is 26.7 Å². The average Bonchev–Trinajstić information content (AvgIpc) is 2.91. The van der Waals surface area contributed by atoms with Crippen LogP contribution >= 0.6 is 0 Å². The molecule has 1 aromatic heterocycles. The molecule has 1 N–H and O–H groups in total. The second-order valence-corrected chi connectivity index (χ2v) is 4.80. The van der Waals surface area contributed by atoms with Crippen LogP contribution in [0.1, 0.15) is 24.6 Å². The van der Waals surface area contributed by atoms with Gasteiger partial charge < -0.3 is 14.0 Å². The van der Waals surface area contributed by atoms with Gasteiger partial charge in [0.2, 0.25) is 11.8 Å². The van der Waals surface area contributed by atoms with Crippen LogP contribution in [0.3, 0.4) is 0 Å². The molecule has 0 radical (unpaired) electrons. The number of carbonyl (C=O) groups excluding carboxylic acids is 1. The molecule has 0 bridgehead atoms. The van der Waals surface area contributed by atoms with E-state index >= 15 is 0 Å². The fraction of sp³-hybridized carbons (Fsp3) is 0.375. The number of aromatic nitrogens is 1. The van der Waals surface area contributed by atoms with Crippen molar-refractivity contribution in [2.75, 3.05) is 19.0 Å². The number of hydrogen-bond acceptors (Lipinski definition) is 5. The Morgan fingerprint density at radius 3 is 2.77 bits per heavy atom. The van der Waals surface area contributed by atoms with Crippen molar-refractivity contribution in [3.63, 3.8) is 0 Å². The van der Waals surface area contributed by atoms with E-state index in [0.29, 0.717) is 36.8 Å². The summed E-state index contributed by atoms with van der Waals surface area (Å²) < 4.78 is 15.7. The predicted octanol–water partition coefficient (Wildman–Crippen LogP) is 2.96. The molecule has 118 valence electrons. The number of hydrogen-bond donors (Lipinski definition) is 1. The Hall–Kier alpha value is -2.50. The van der Waals surface area contributed by atoms with Crippen molar-refractivity contribution in [1.82, 2.24) is 5.16 Å². The van der Waals surface area contributed by atoms with Crippen LogP contribution in [-0.4, -0.2) is 24.8 Å². The molecule has 0 saturated carbocycles. The second-order valence-electron chi connectivity index (χ2n) is 4.80. The van der Waals surface area contributed by atoms with E-state index in [1.165, 1.54) is 0 Å². The predicted molar refractivity (Wildman–Crippen MR) is 82.4 cm³/mol. The molecule has 6 heteroatoms. The monoisotopic (exact) mass is 304 g/mol. The molecule has 0 atom stereocenters. The van der Waals surface area contributed by atoms with E-state index < -0.39 is 0 Å². The van der Waals surface area contributed by atoms with Crippen molar-refractivity contribution < 1.29 is 18.8 Å². The van der Waals surface area contributed by atoms with Crippen molar-refractivity contribution in [1.29, 1.82) is 0 Å². The molecule has 1 amide bonds. The maximum atomic E-state index is 11.9. The summed E-state index contributed by atoms with van der Waals surface area (Å²) >= 11 is 0. The number of nitrogens with one attached hydrogen (secondary N) is 1. The van der Waals surface area contributed by atoms with Crippen molar-refractivity contribution >= 4 is 11.8 Å². The zero-order valence-corrected chi connectivity index (χ0v) is 13.0. The topological polar surface area (TPSA) is 73.6 Å². The van der Waals surface area contributed by atoms with Crippen LogP contribution in [-0.2, 0) is 11.2 Å². The number of ether oxygens (including phenoxy) is 2. The van der Waals surface area contributed by atoms with Gasteiger partial charge in [0.25, 0.3) is 0 Å². The zero-order chi connectivity index (χ0) is 15.9. The van der Waals surface area contributed by atoms with Gasteiger partial charge in [-0.2, -0.15) is 0 Å². The largest absolute Gasteiger partial charge is 0.493 e. The number of benzene rings is 1. The summed E-state index contributed by atoms with van der Waals surface area (Å²) in [6.07, 6.45) is 0.943. The molecule has 0 unspecified atom stereocenters. The number of amides is 1. The molecule has 0 saturated heterocycles. The lowest BCUT2D eigenvalue weighted by Gasteiger charge is -2.10. The summed E-state index contributed by atoms with van der Waals surface area (Å²) in [5.41, 5.74) is 1.73. The quantitative estimate of drug-likeness (QED) is 0.851. The Kier molecular flexibility index (Phi) is 5.41. The highest BCUT2D eigenvalue weighted by Gasteiger charge is 2.09. The maximum absolute atomic E-state index is 11.9. The highest BCUT2D eigenvalue weighted by molar-refractivity contribution is 5.89. The Bertz CT molecular complexity index is 637. The third kappa shape index (κ3) is 4.25. The molecule has 0 aliphatic rings. The number of carbonyl (C=O) groups is 1. The van der Waals surface area contributed by atoms with E-state index in [4.69, 9.17) is 14.0 Å². The lowest BCUT2D eigenvalue weighted by atomic mass is 10.1. The molecule has 2 aromatic rings. The van der Waals surface area contributed by atoms with Crippen LogP contribution in [0.5, 0.6) is 11.5 Å². The molecule has 0 spiro atoms. The van der Waals surface area contributed by atoms with E-state index in [1.54, 1.807) is 20.1 Å². The van der Waals surface area contributed by atoms with Gasteiger partial charge in [0, 0.05) is 12.5 Å². The molecule has 2 rings (SSSR count). The summed E-state index contributed by atoms with van der Waals surface area (Å²) in [5, 5.41) is 6.39. The van der Waals surface area contributed by atoms with Gasteiger partial charge in [-0.1, -0.05) is 11.2 Å². The summed E-state index contributed by atoms with van der Waals surface area (Å²) in [6, 6.07) is 7.35. The summed E-state index contributed by atoms with van der Waals surface area (Å²) in [7, 11) is 1.60. The normalized spacial score (nSPS) is 10.3. The van der Waals surface area contributed by atoms with E-state index in [9.17, 15) is 4.79 Å². The molecule has 0 aliphatic carbocycles. The molecule has 6 nitrogen and oxygen atoms in total. The van der Waals surface area contributed by atoms with Gasteiger partial charge in [-0.05, 0) is 38.0 Å². The minimum absolute atomic E-state index is 0.121. The molecule has 22 heavy (non-hydrogen) atoms. The van der Waals surface area contributed by atoms with Crippen LogP contribution in [0, 0.1) is 6.92 Å². The minimum atomic E-state index is -0.121. The smallest absolute Gasteiger partial charge is 0.231 e. The lowest BCUT2D eigenvalue weighted by molar-refractivity contribution is -0.116. The maximum Gasteiger partial charge on any atom is 0.231 e. The Morgan fingerprint density at radius 1 is 1.32 bits per heavy atom. The Balaban J connectivity index is 1.92. The number of nitrogens with zero attached hydrogens (tertiary/aromatic N) is 1. The highest BCUT2D eigenvalue weighted by atomic mass is 16.5.